The van der Waals surface area contributed by atoms with Gasteiger partial charge in [-0.05, 0) is 24.5 Å². The van der Waals surface area contributed by atoms with Crippen molar-refractivity contribution in [1.29, 1.82) is 0 Å². The lowest BCUT2D eigenvalue weighted by Crippen LogP contribution is -2.41. The van der Waals surface area contributed by atoms with E-state index in [4.69, 9.17) is 4.74 Å². The largest absolute Gasteiger partial charge is 0.368 e. The van der Waals surface area contributed by atoms with Crippen molar-refractivity contribution in [2.45, 2.75) is 25.5 Å². The quantitative estimate of drug-likeness (QED) is 0.812. The molecule has 2 aliphatic rings. The van der Waals surface area contributed by atoms with E-state index in [1.54, 1.807) is 0 Å². The van der Waals surface area contributed by atoms with E-state index in [1.807, 2.05) is 23.1 Å². The van der Waals surface area contributed by atoms with Gasteiger partial charge in [-0.2, -0.15) is 0 Å². The maximum Gasteiger partial charge on any atom is 0.256 e. The smallest absolute Gasteiger partial charge is 0.256 e. The summed E-state index contributed by atoms with van der Waals surface area (Å²) in [6.07, 6.45) is 1.60. The summed E-state index contributed by atoms with van der Waals surface area (Å²) in [5.41, 5.74) is 2.21. The molecule has 1 atom stereocenters. The zero-order valence-corrected chi connectivity index (χ0v) is 10.4. The average molecular weight is 246 g/mol. The van der Waals surface area contributed by atoms with Gasteiger partial charge < -0.3 is 15.0 Å². The van der Waals surface area contributed by atoms with Crippen LogP contribution in [0.1, 0.15) is 18.4 Å². The van der Waals surface area contributed by atoms with E-state index in [1.165, 1.54) is 5.56 Å². The molecule has 4 heteroatoms. The topological polar surface area (TPSA) is 41.6 Å². The minimum absolute atomic E-state index is 0.114. The van der Waals surface area contributed by atoms with Gasteiger partial charge in [0, 0.05) is 31.9 Å². The summed E-state index contributed by atoms with van der Waals surface area (Å²) in [5, 5.41) is 3.34. The van der Waals surface area contributed by atoms with Crippen LogP contribution >= 0.6 is 0 Å². The number of hydrogen-bond donors (Lipinski definition) is 1. The van der Waals surface area contributed by atoms with Crippen molar-refractivity contribution < 1.29 is 9.53 Å². The van der Waals surface area contributed by atoms with Gasteiger partial charge in [-0.1, -0.05) is 18.2 Å². The summed E-state index contributed by atoms with van der Waals surface area (Å²) >= 11 is 0. The van der Waals surface area contributed by atoms with Gasteiger partial charge in [0.05, 0.1) is 0 Å². The molecular formula is C14H18N2O2. The summed E-state index contributed by atoms with van der Waals surface area (Å²) in [4.78, 5) is 14.4. The maximum atomic E-state index is 12.5. The van der Waals surface area contributed by atoms with Gasteiger partial charge >= 0.3 is 0 Å². The van der Waals surface area contributed by atoms with E-state index in [0.717, 1.165) is 38.2 Å². The number of rotatable bonds is 1. The van der Waals surface area contributed by atoms with Crippen LogP contribution in [0.2, 0.25) is 0 Å². The van der Waals surface area contributed by atoms with Crippen LogP contribution in [-0.2, 0) is 16.1 Å². The standard InChI is InChI=1S/C14H18N2O2/c17-14(13-6-3-9-18-13)16-8-7-15-10-11-4-1-2-5-12(11)16/h1-2,4-5,13,15H,3,6-10H2/t13-/m0/s1. The summed E-state index contributed by atoms with van der Waals surface area (Å²) in [5.74, 6) is 0.114. The van der Waals surface area contributed by atoms with Gasteiger partial charge in [-0.25, -0.2) is 0 Å². The summed E-state index contributed by atoms with van der Waals surface area (Å²) < 4.78 is 5.51. The lowest BCUT2D eigenvalue weighted by Gasteiger charge is -2.25. The molecular weight excluding hydrogens is 228 g/mol. The lowest BCUT2D eigenvalue weighted by molar-refractivity contribution is -0.127. The molecule has 0 spiro atoms. The molecule has 1 aromatic carbocycles. The second-order valence-corrected chi connectivity index (χ2v) is 4.80. The Hall–Kier alpha value is -1.39. The molecule has 0 aromatic heterocycles. The van der Waals surface area contributed by atoms with Crippen molar-refractivity contribution in [2.75, 3.05) is 24.6 Å². The molecule has 2 heterocycles. The monoisotopic (exact) mass is 246 g/mol. The minimum Gasteiger partial charge on any atom is -0.368 e. The normalized spacial score (nSPS) is 23.6. The fraction of sp³-hybridized carbons (Fsp3) is 0.500. The number of hydrogen-bond acceptors (Lipinski definition) is 3. The molecule has 3 rings (SSSR count). The van der Waals surface area contributed by atoms with Crippen LogP contribution in [0.4, 0.5) is 5.69 Å². The average Bonchev–Trinajstić information content (AvgIpc) is 2.85. The molecule has 4 nitrogen and oxygen atoms in total. The predicted octanol–water partition coefficient (Wildman–Crippen LogP) is 1.30. The molecule has 0 bridgehead atoms. The predicted molar refractivity (Wildman–Crippen MR) is 69.5 cm³/mol. The van der Waals surface area contributed by atoms with Crippen molar-refractivity contribution in [3.05, 3.63) is 29.8 Å². The van der Waals surface area contributed by atoms with Crippen LogP contribution in [0.15, 0.2) is 24.3 Å². The van der Waals surface area contributed by atoms with Gasteiger partial charge in [0.2, 0.25) is 0 Å². The Labute approximate surface area is 107 Å². The van der Waals surface area contributed by atoms with Crippen LogP contribution in [0, 0.1) is 0 Å². The zero-order valence-electron chi connectivity index (χ0n) is 10.4. The molecule has 0 radical (unpaired) electrons. The van der Waals surface area contributed by atoms with Crippen LogP contribution < -0.4 is 10.2 Å². The highest BCUT2D eigenvalue weighted by Gasteiger charge is 2.30. The molecule has 1 amide bonds. The molecule has 2 aliphatic heterocycles. The molecule has 1 saturated heterocycles. The summed E-state index contributed by atoms with van der Waals surface area (Å²) in [6.45, 7) is 3.08. The number of ether oxygens (including phenoxy) is 1. The Kier molecular flexibility index (Phi) is 3.30. The van der Waals surface area contributed by atoms with Crippen molar-refractivity contribution in [1.82, 2.24) is 5.32 Å². The fourth-order valence-corrected chi connectivity index (χ4v) is 2.63. The molecule has 0 aliphatic carbocycles. The van der Waals surface area contributed by atoms with Crippen molar-refractivity contribution in [3.8, 4) is 0 Å². The summed E-state index contributed by atoms with van der Waals surface area (Å²) in [7, 11) is 0. The number of nitrogens with one attached hydrogen (secondary N) is 1. The Morgan fingerprint density at radius 2 is 2.28 bits per heavy atom. The molecule has 0 unspecified atom stereocenters. The Morgan fingerprint density at radius 3 is 3.11 bits per heavy atom. The van der Waals surface area contributed by atoms with Gasteiger partial charge in [0.25, 0.3) is 5.91 Å². The maximum absolute atomic E-state index is 12.5. The van der Waals surface area contributed by atoms with Crippen molar-refractivity contribution >= 4 is 11.6 Å². The SMILES string of the molecule is O=C([C@@H]1CCCO1)N1CCNCc2ccccc21. The van der Waals surface area contributed by atoms with E-state index < -0.39 is 0 Å². The van der Waals surface area contributed by atoms with Crippen LogP contribution in [0.5, 0.6) is 0 Å². The molecule has 1 fully saturated rings. The lowest BCUT2D eigenvalue weighted by atomic mass is 10.1. The molecule has 18 heavy (non-hydrogen) atoms. The number of carbonyl (C=O) groups excluding carboxylic acids is 1. The number of carbonyl (C=O) groups is 1. The minimum atomic E-state index is -0.240. The third kappa shape index (κ3) is 2.13. The molecule has 1 N–H and O–H groups in total. The number of para-hydroxylation sites is 1. The Bertz CT molecular complexity index is 441. The van der Waals surface area contributed by atoms with E-state index in [0.29, 0.717) is 6.61 Å². The zero-order chi connectivity index (χ0) is 12.4. The molecule has 0 saturated carbocycles. The van der Waals surface area contributed by atoms with Gasteiger partial charge in [-0.3, -0.25) is 4.79 Å². The second kappa shape index (κ2) is 5.08. The highest BCUT2D eigenvalue weighted by Crippen LogP contribution is 2.25. The van der Waals surface area contributed by atoms with E-state index >= 15 is 0 Å². The highest BCUT2D eigenvalue weighted by molar-refractivity contribution is 5.97. The summed E-state index contributed by atoms with van der Waals surface area (Å²) in [6, 6.07) is 8.10. The Balaban J connectivity index is 1.88. The Morgan fingerprint density at radius 1 is 1.39 bits per heavy atom. The second-order valence-electron chi connectivity index (χ2n) is 4.80. The van der Waals surface area contributed by atoms with Crippen LogP contribution in [-0.4, -0.2) is 31.7 Å². The fourth-order valence-electron chi connectivity index (χ4n) is 2.63. The third-order valence-corrected chi connectivity index (χ3v) is 3.58. The first-order valence-electron chi connectivity index (χ1n) is 6.58. The third-order valence-electron chi connectivity index (χ3n) is 3.58. The molecule has 96 valence electrons. The number of anilines is 1. The van der Waals surface area contributed by atoms with Crippen LogP contribution in [0.3, 0.4) is 0 Å². The van der Waals surface area contributed by atoms with E-state index in [2.05, 4.69) is 11.4 Å². The van der Waals surface area contributed by atoms with Gasteiger partial charge in [0.15, 0.2) is 0 Å². The van der Waals surface area contributed by atoms with Gasteiger partial charge in [0.1, 0.15) is 6.10 Å². The highest BCUT2D eigenvalue weighted by atomic mass is 16.5. The molecule has 1 aromatic rings. The first kappa shape index (κ1) is 11.7. The number of benzene rings is 1. The number of amides is 1. The first-order chi connectivity index (χ1) is 8.86. The first-order valence-corrected chi connectivity index (χ1v) is 6.58. The van der Waals surface area contributed by atoms with Crippen LogP contribution in [0.25, 0.3) is 0 Å². The van der Waals surface area contributed by atoms with Crippen molar-refractivity contribution in [3.63, 3.8) is 0 Å². The van der Waals surface area contributed by atoms with E-state index in [9.17, 15) is 4.79 Å². The van der Waals surface area contributed by atoms with Gasteiger partial charge in [-0.15, -0.1) is 0 Å². The number of nitrogens with zero attached hydrogens (tertiary/aromatic N) is 1. The number of fused-ring (bicyclic) bond motifs is 1. The van der Waals surface area contributed by atoms with Crippen molar-refractivity contribution in [2.24, 2.45) is 0 Å². The van der Waals surface area contributed by atoms with E-state index in [-0.39, 0.29) is 12.0 Å².